The Balaban J connectivity index is 2.25. The highest BCUT2D eigenvalue weighted by atomic mass is 19.1. The van der Waals surface area contributed by atoms with Crippen LogP contribution in [0, 0.1) is 19.7 Å². The van der Waals surface area contributed by atoms with E-state index in [4.69, 9.17) is 4.74 Å². The highest BCUT2D eigenvalue weighted by molar-refractivity contribution is 5.76. The highest BCUT2D eigenvalue weighted by Gasteiger charge is 2.25. The Hall–Kier alpha value is -1.83. The van der Waals surface area contributed by atoms with Crippen LogP contribution in [-0.2, 0) is 6.42 Å². The van der Waals surface area contributed by atoms with E-state index < -0.39 is 0 Å². The van der Waals surface area contributed by atoms with Crippen LogP contribution in [-0.4, -0.2) is 6.10 Å². The van der Waals surface area contributed by atoms with Crippen LogP contribution in [0.5, 0.6) is 5.75 Å². The fourth-order valence-corrected chi connectivity index (χ4v) is 2.46. The standard InChI is InChI=1S/C16H14FO/c1-10-5-3-4-6-13(10)15-14(17)8-7-12-9-11(2)18-16(12)15/h3-8,11H,2,9H2,1H3. The van der Waals surface area contributed by atoms with Gasteiger partial charge in [0.25, 0.3) is 0 Å². The lowest BCUT2D eigenvalue weighted by molar-refractivity contribution is 0.281. The zero-order chi connectivity index (χ0) is 12.7. The smallest absolute Gasteiger partial charge is 0.134 e. The molecule has 0 spiro atoms. The summed E-state index contributed by atoms with van der Waals surface area (Å²) in [7, 11) is 0. The summed E-state index contributed by atoms with van der Waals surface area (Å²) in [4.78, 5) is 0. The molecule has 2 aromatic carbocycles. The fraction of sp³-hybridized carbons (Fsp3) is 0.188. The Bertz CT molecular complexity index is 604. The Morgan fingerprint density at radius 3 is 2.78 bits per heavy atom. The molecule has 1 atom stereocenters. The second-order valence-electron chi connectivity index (χ2n) is 4.67. The molecule has 0 aromatic heterocycles. The molecule has 1 radical (unpaired) electrons. The summed E-state index contributed by atoms with van der Waals surface area (Å²) < 4.78 is 19.8. The van der Waals surface area contributed by atoms with Crippen LogP contribution in [0.1, 0.15) is 11.1 Å². The SMILES string of the molecule is [CH2]C1Cc2ccc(F)c(-c3ccccc3C)c2O1. The van der Waals surface area contributed by atoms with Crippen LogP contribution >= 0.6 is 0 Å². The maximum Gasteiger partial charge on any atom is 0.134 e. The first-order chi connectivity index (χ1) is 8.66. The monoisotopic (exact) mass is 241 g/mol. The normalized spacial score (nSPS) is 17.4. The summed E-state index contributed by atoms with van der Waals surface area (Å²) in [6, 6.07) is 11.1. The van der Waals surface area contributed by atoms with Gasteiger partial charge < -0.3 is 4.74 Å². The molecule has 2 aromatic rings. The number of hydrogen-bond acceptors (Lipinski definition) is 1. The molecule has 0 saturated heterocycles. The summed E-state index contributed by atoms with van der Waals surface area (Å²) in [6.07, 6.45) is 0.624. The van der Waals surface area contributed by atoms with Crippen LogP contribution in [0.15, 0.2) is 36.4 Å². The fourth-order valence-electron chi connectivity index (χ4n) is 2.46. The summed E-state index contributed by atoms with van der Waals surface area (Å²) >= 11 is 0. The first-order valence-electron chi connectivity index (χ1n) is 6.04. The first kappa shape index (κ1) is 11.3. The molecule has 1 aliphatic heterocycles. The van der Waals surface area contributed by atoms with Gasteiger partial charge in [-0.05, 0) is 36.6 Å². The number of aryl methyl sites for hydroxylation is 1. The van der Waals surface area contributed by atoms with Crippen molar-refractivity contribution in [1.29, 1.82) is 0 Å². The average Bonchev–Trinajstić information content (AvgIpc) is 2.71. The number of rotatable bonds is 1. The van der Waals surface area contributed by atoms with E-state index in [1.165, 1.54) is 6.07 Å². The Morgan fingerprint density at radius 1 is 1.22 bits per heavy atom. The van der Waals surface area contributed by atoms with E-state index in [0.29, 0.717) is 11.3 Å². The van der Waals surface area contributed by atoms with Crippen molar-refractivity contribution >= 4 is 0 Å². The largest absolute Gasteiger partial charge is 0.489 e. The van der Waals surface area contributed by atoms with Crippen LogP contribution in [0.25, 0.3) is 11.1 Å². The molecule has 0 amide bonds. The van der Waals surface area contributed by atoms with Crippen molar-refractivity contribution in [3.63, 3.8) is 0 Å². The van der Waals surface area contributed by atoms with Gasteiger partial charge in [0.05, 0.1) is 5.56 Å². The second-order valence-corrected chi connectivity index (χ2v) is 4.67. The minimum Gasteiger partial charge on any atom is -0.489 e. The van der Waals surface area contributed by atoms with E-state index >= 15 is 0 Å². The van der Waals surface area contributed by atoms with Gasteiger partial charge in [-0.1, -0.05) is 30.3 Å². The van der Waals surface area contributed by atoms with E-state index in [0.717, 1.165) is 23.1 Å². The summed E-state index contributed by atoms with van der Waals surface area (Å²) in [6.45, 7) is 5.87. The van der Waals surface area contributed by atoms with Crippen molar-refractivity contribution in [3.05, 3.63) is 60.3 Å². The Kier molecular flexibility index (Phi) is 2.58. The van der Waals surface area contributed by atoms with Crippen LogP contribution in [0.4, 0.5) is 4.39 Å². The van der Waals surface area contributed by atoms with Crippen molar-refractivity contribution in [1.82, 2.24) is 0 Å². The lowest BCUT2D eigenvalue weighted by Crippen LogP contribution is -2.06. The third-order valence-electron chi connectivity index (χ3n) is 3.33. The predicted octanol–water partition coefficient (Wildman–Crippen LogP) is 3.94. The molecular formula is C16H14FO. The molecule has 0 aliphatic carbocycles. The zero-order valence-corrected chi connectivity index (χ0v) is 10.2. The van der Waals surface area contributed by atoms with Crippen molar-refractivity contribution in [2.75, 3.05) is 0 Å². The number of halogens is 1. The number of benzene rings is 2. The minimum absolute atomic E-state index is 0.121. The molecule has 1 unspecified atom stereocenters. The maximum atomic E-state index is 14.1. The lowest BCUT2D eigenvalue weighted by atomic mass is 9.97. The molecular weight excluding hydrogens is 227 g/mol. The number of ether oxygens (including phenoxy) is 1. The number of hydrogen-bond donors (Lipinski definition) is 0. The molecule has 1 aliphatic rings. The van der Waals surface area contributed by atoms with Gasteiger partial charge in [-0.25, -0.2) is 4.39 Å². The third-order valence-corrected chi connectivity index (χ3v) is 3.33. The van der Waals surface area contributed by atoms with Gasteiger partial charge in [-0.2, -0.15) is 0 Å². The molecule has 0 saturated carbocycles. The molecule has 1 heterocycles. The van der Waals surface area contributed by atoms with E-state index in [9.17, 15) is 4.39 Å². The molecule has 3 rings (SSSR count). The maximum absolute atomic E-state index is 14.1. The Labute approximate surface area is 106 Å². The van der Waals surface area contributed by atoms with Gasteiger partial charge in [-0.15, -0.1) is 0 Å². The van der Waals surface area contributed by atoms with Gasteiger partial charge in [0, 0.05) is 6.42 Å². The van der Waals surface area contributed by atoms with Gasteiger partial charge in [0.15, 0.2) is 0 Å². The van der Waals surface area contributed by atoms with Crippen LogP contribution in [0.2, 0.25) is 0 Å². The molecule has 2 heteroatoms. The number of fused-ring (bicyclic) bond motifs is 1. The van der Waals surface area contributed by atoms with Crippen LogP contribution < -0.4 is 4.74 Å². The van der Waals surface area contributed by atoms with E-state index in [1.807, 2.05) is 31.2 Å². The molecule has 18 heavy (non-hydrogen) atoms. The molecule has 0 bridgehead atoms. The van der Waals surface area contributed by atoms with E-state index in [1.54, 1.807) is 6.07 Å². The van der Waals surface area contributed by atoms with Crippen LogP contribution in [0.3, 0.4) is 0 Å². The molecule has 91 valence electrons. The summed E-state index contributed by atoms with van der Waals surface area (Å²) in [5.41, 5.74) is 3.54. The first-order valence-corrected chi connectivity index (χ1v) is 6.04. The zero-order valence-electron chi connectivity index (χ0n) is 10.2. The van der Waals surface area contributed by atoms with Crippen molar-refractivity contribution in [2.45, 2.75) is 19.4 Å². The molecule has 0 fully saturated rings. The quantitative estimate of drug-likeness (QED) is 0.734. The van der Waals surface area contributed by atoms with Gasteiger partial charge >= 0.3 is 0 Å². The van der Waals surface area contributed by atoms with Gasteiger partial charge in [0.1, 0.15) is 17.7 Å². The van der Waals surface area contributed by atoms with Crippen molar-refractivity contribution < 1.29 is 9.13 Å². The highest BCUT2D eigenvalue weighted by Crippen LogP contribution is 2.41. The lowest BCUT2D eigenvalue weighted by Gasteiger charge is -2.12. The van der Waals surface area contributed by atoms with Crippen molar-refractivity contribution in [2.24, 2.45) is 0 Å². The third kappa shape index (κ3) is 1.69. The Morgan fingerprint density at radius 2 is 2.00 bits per heavy atom. The van der Waals surface area contributed by atoms with E-state index in [-0.39, 0.29) is 11.9 Å². The van der Waals surface area contributed by atoms with E-state index in [2.05, 4.69) is 6.92 Å². The predicted molar refractivity (Wildman–Crippen MR) is 70.1 cm³/mol. The summed E-state index contributed by atoms with van der Waals surface area (Å²) in [5.74, 6) is 0.418. The summed E-state index contributed by atoms with van der Waals surface area (Å²) in [5, 5.41) is 0. The second kappa shape index (κ2) is 4.13. The van der Waals surface area contributed by atoms with Crippen molar-refractivity contribution in [3.8, 4) is 16.9 Å². The van der Waals surface area contributed by atoms with Gasteiger partial charge in [-0.3, -0.25) is 0 Å². The minimum atomic E-state index is -0.239. The molecule has 0 N–H and O–H groups in total. The van der Waals surface area contributed by atoms with Gasteiger partial charge in [0.2, 0.25) is 0 Å². The average molecular weight is 241 g/mol. The topological polar surface area (TPSA) is 9.23 Å². The molecule has 1 nitrogen and oxygen atoms in total.